The Kier molecular flexibility index (Phi) is 33.0. The SMILES string of the molecule is C=CS(=O)(=O)c1ccc(N=Nc2c(S(=O)(=O)[O-])cc3cc(S(=O)(=O)[O-])c(N=Nc4ccc(C(=O)Nc5ccc(S(=O)(=O)[O-])c(N=Nc6c(S(=O)(=O)O)cc7cc(S(=O)(=O)[O-])c(N=Nc8ccc(S(=O)(=O)CCOS(=O)(=O)O)cc8)c(N)c7c6[O-])c5)cc4)c([O-])c3c2N)cc1.[Na+].[Na+].[Na+].[Na+].[Na+].[Na+]. The molecule has 0 fully saturated rings. The number of nitrogens with one attached hydrogen (secondary N) is 1. The van der Waals surface area contributed by atoms with Crippen LogP contribution in [0.3, 0.4) is 0 Å². The molecule has 0 bridgehead atoms. The molecule has 0 unspecified atom stereocenters. The Hall–Kier alpha value is -3.59. The summed E-state index contributed by atoms with van der Waals surface area (Å²) in [6.45, 7) is 2.21. The second kappa shape index (κ2) is 35.7. The number of fused-ring (bicyclic) bond motifs is 2. The maximum Gasteiger partial charge on any atom is 1.00 e. The van der Waals surface area contributed by atoms with Crippen molar-refractivity contribution in [1.82, 2.24) is 0 Å². The van der Waals surface area contributed by atoms with E-state index in [9.17, 15) is 105 Å². The summed E-state index contributed by atoms with van der Waals surface area (Å²) < 4.78 is 269. The Morgan fingerprint density at radius 2 is 0.830 bits per heavy atom. The third-order valence-electron chi connectivity index (χ3n) is 12.5. The summed E-state index contributed by atoms with van der Waals surface area (Å²) in [5, 5.41) is 57.2. The van der Waals surface area contributed by atoms with Crippen molar-refractivity contribution in [3.8, 4) is 11.5 Å². The number of nitrogen functional groups attached to an aromatic ring is 2. The number of anilines is 3. The van der Waals surface area contributed by atoms with Gasteiger partial charge in [0.1, 0.15) is 62.4 Å². The Morgan fingerprint density at radius 1 is 0.470 bits per heavy atom. The van der Waals surface area contributed by atoms with Gasteiger partial charge in [-0.2, -0.15) is 32.2 Å². The number of hydrogen-bond acceptors (Lipinski definition) is 34. The number of carbonyl (C=O) groups is 1. The Bertz CT molecular complexity index is 5680. The summed E-state index contributed by atoms with van der Waals surface area (Å²) in [5.41, 5.74) is 3.38. The molecule has 51 heteroatoms. The van der Waals surface area contributed by atoms with Crippen LogP contribution in [0.25, 0.3) is 21.5 Å². The number of amides is 1. The predicted octanol–water partition coefficient (Wildman–Crippen LogP) is -12.4. The molecule has 0 aliphatic heterocycles. The average Bonchev–Trinajstić information content (AvgIpc) is 0.746. The van der Waals surface area contributed by atoms with Crippen molar-refractivity contribution in [2.24, 2.45) is 40.9 Å². The van der Waals surface area contributed by atoms with Gasteiger partial charge in [-0.05, 0) is 126 Å². The van der Waals surface area contributed by atoms with Gasteiger partial charge in [-0.1, -0.05) is 18.1 Å². The molecule has 8 rings (SSSR count). The van der Waals surface area contributed by atoms with Gasteiger partial charge in [-0.25, -0.2) is 54.7 Å². The van der Waals surface area contributed by atoms with Crippen molar-refractivity contribution in [3.05, 3.63) is 133 Å². The van der Waals surface area contributed by atoms with Gasteiger partial charge in [-0.15, -0.1) is 25.6 Å². The van der Waals surface area contributed by atoms with Crippen molar-refractivity contribution in [2.45, 2.75) is 34.3 Å². The molecule has 1 amide bonds. The van der Waals surface area contributed by atoms with Crippen LogP contribution in [-0.4, -0.2) is 113 Å². The first kappa shape index (κ1) is 92.5. The number of nitrogens with zero attached hydrogens (tertiary/aromatic N) is 8. The summed E-state index contributed by atoms with van der Waals surface area (Å²) in [7, 11) is -41.4. The Morgan fingerprint density at radius 3 is 1.22 bits per heavy atom. The second-order valence-corrected chi connectivity index (χ2v) is 30.5. The molecule has 0 aromatic heterocycles. The molecule has 8 aromatic carbocycles. The van der Waals surface area contributed by atoms with E-state index < -0.39 is 207 Å². The maximum atomic E-state index is 14.2. The first-order valence-corrected chi connectivity index (χ1v) is 36.2. The van der Waals surface area contributed by atoms with Gasteiger partial charge < -0.3 is 45.2 Å². The van der Waals surface area contributed by atoms with Gasteiger partial charge in [0.15, 0.2) is 19.7 Å². The third kappa shape index (κ3) is 22.3. The van der Waals surface area contributed by atoms with Gasteiger partial charge in [0.05, 0.1) is 81.5 Å². The van der Waals surface area contributed by atoms with Crippen molar-refractivity contribution < 1.29 is 291 Å². The largest absolute Gasteiger partial charge is 1.00 e. The molecule has 494 valence electrons. The zero-order valence-corrected chi connectivity index (χ0v) is 70.4. The van der Waals surface area contributed by atoms with Crippen LogP contribution in [0.4, 0.5) is 62.6 Å². The third-order valence-corrected chi connectivity index (χ3v) is 20.3. The normalized spacial score (nSPS) is 12.5. The molecule has 0 radical (unpaired) electrons. The van der Waals surface area contributed by atoms with Crippen molar-refractivity contribution in [1.29, 1.82) is 0 Å². The molecule has 0 aliphatic rings. The molecular weight excluding hydrogens is 1550 g/mol. The zero-order chi connectivity index (χ0) is 69.6. The van der Waals surface area contributed by atoms with Gasteiger partial charge in [0.2, 0.25) is 0 Å². The van der Waals surface area contributed by atoms with Crippen molar-refractivity contribution >= 4 is 171 Å². The summed E-state index contributed by atoms with van der Waals surface area (Å²) >= 11 is 0. The summed E-state index contributed by atoms with van der Waals surface area (Å²) in [5.74, 6) is -5.12. The van der Waals surface area contributed by atoms with Gasteiger partial charge in [0, 0.05) is 27.4 Å². The van der Waals surface area contributed by atoms with E-state index in [0.717, 1.165) is 78.9 Å². The number of rotatable bonds is 22. The molecule has 0 atom stereocenters. The maximum absolute atomic E-state index is 14.2. The average molecular weight is 1590 g/mol. The van der Waals surface area contributed by atoms with E-state index in [1.807, 2.05) is 0 Å². The van der Waals surface area contributed by atoms with Crippen LogP contribution in [0, 0.1) is 0 Å². The van der Waals surface area contributed by atoms with E-state index >= 15 is 0 Å². The van der Waals surface area contributed by atoms with E-state index in [-0.39, 0.29) is 205 Å². The molecule has 100 heavy (non-hydrogen) atoms. The number of sulfone groups is 2. The Balaban J connectivity index is 0.00000567. The number of hydrogen-bond donors (Lipinski definition) is 5. The monoisotopic (exact) mass is 1580 g/mol. The second-order valence-electron chi connectivity index (χ2n) is 18.6. The number of carbonyl (C=O) groups excluding carboxylic acids is 1. The number of nitrogens with two attached hydrogens (primary N) is 2. The van der Waals surface area contributed by atoms with Crippen LogP contribution in [0.2, 0.25) is 0 Å². The Labute approximate surface area is 700 Å². The minimum Gasteiger partial charge on any atom is -0.870 e. The molecule has 0 saturated carbocycles. The first-order valence-electron chi connectivity index (χ1n) is 24.6. The predicted molar refractivity (Wildman–Crippen MR) is 315 cm³/mol. The molecule has 0 spiro atoms. The van der Waals surface area contributed by atoms with E-state index in [2.05, 4.69) is 57.0 Å². The minimum absolute atomic E-state index is 0. The van der Waals surface area contributed by atoms with Crippen LogP contribution >= 0.6 is 0 Å². The molecule has 8 aromatic rings. The standard InChI is InChI=1S/C49H39N11O26S8.6Na/c1-2-87(64,65)31-12-7-28(8-13-31)53-57-43-35(90(71,72)73)19-25-21-37(92(77,78)79)45(47(61)39(25)41(43)50)59-55-27-5-3-24(4-6-27)49(63)52-30-11-16-34(89(68,69)70)33(23-30)56-60-46-38(93(80,81)82)22-26-20-36(91(74,75)76)44(42(51)40(26)48(46)62)58-54-29-9-14-32(15-10-29)88(66,67)18-17-86-94(83,84)85;;;;;;/h2-16,19-23,61-62H,1,17-18,50-51H2,(H,52,63)(H,68,69,70)(H,71,72,73)(H,74,75,76)(H,77,78,79)(H,80,81,82)(H,83,84,85);;;;;;/q;6*+1/p-6. The summed E-state index contributed by atoms with van der Waals surface area (Å²) in [6.07, 6.45) is 0. The minimum atomic E-state index is -5.70. The molecule has 37 nitrogen and oxygen atoms in total. The van der Waals surface area contributed by atoms with E-state index in [0.29, 0.717) is 41.8 Å². The fraction of sp³-hybridized carbons (Fsp3) is 0.0408. The fourth-order valence-corrected chi connectivity index (χ4v) is 13.6. The van der Waals surface area contributed by atoms with Gasteiger partial charge in [-0.3, -0.25) is 13.9 Å². The van der Waals surface area contributed by atoms with Gasteiger partial charge >= 0.3 is 188 Å². The van der Waals surface area contributed by atoms with E-state index in [1.165, 1.54) is 0 Å². The van der Waals surface area contributed by atoms with Gasteiger partial charge in [0.25, 0.3) is 16.0 Å². The van der Waals surface area contributed by atoms with Crippen molar-refractivity contribution in [2.75, 3.05) is 29.1 Å². The van der Waals surface area contributed by atoms with Crippen LogP contribution in [0.1, 0.15) is 10.4 Å². The van der Waals surface area contributed by atoms with E-state index in [4.69, 9.17) is 16.0 Å². The fourth-order valence-electron chi connectivity index (χ4n) is 8.24. The number of azo groups is 4. The molecule has 0 aliphatic carbocycles. The first-order chi connectivity index (χ1) is 43.4. The summed E-state index contributed by atoms with van der Waals surface area (Å²) in [4.78, 5) is 6.18. The molecule has 0 saturated heterocycles. The van der Waals surface area contributed by atoms with Crippen LogP contribution in [0.5, 0.6) is 11.5 Å². The topological polar surface area (TPSA) is 641 Å². The molecular formula is C49H33N11Na6O26S8. The van der Waals surface area contributed by atoms with Crippen LogP contribution in [0.15, 0.2) is 202 Å². The smallest absolute Gasteiger partial charge is 0.870 e. The number of benzene rings is 8. The van der Waals surface area contributed by atoms with Crippen LogP contribution in [-0.2, 0) is 84.8 Å². The van der Waals surface area contributed by atoms with Crippen LogP contribution < -0.4 is 204 Å². The zero-order valence-electron chi connectivity index (χ0n) is 51.9. The van der Waals surface area contributed by atoms with E-state index in [1.54, 1.807) is 0 Å². The quantitative estimate of drug-likeness (QED) is 0.0182. The molecule has 7 N–H and O–H groups in total. The molecule has 0 heterocycles. The van der Waals surface area contributed by atoms with Crippen molar-refractivity contribution in [3.63, 3.8) is 0 Å². The summed E-state index contributed by atoms with van der Waals surface area (Å²) in [6, 6.07) is 16.1.